The minimum absolute atomic E-state index is 0.0560. The van der Waals surface area contributed by atoms with Crippen LogP contribution in [0.25, 0.3) is 0 Å². The molecule has 7 nitrogen and oxygen atoms in total. The number of halogens is 2. The number of nitrogens with zero attached hydrogens (tertiary/aromatic N) is 2. The highest BCUT2D eigenvalue weighted by Crippen LogP contribution is 2.42. The lowest BCUT2D eigenvalue weighted by atomic mass is 10.2. The van der Waals surface area contributed by atoms with Gasteiger partial charge in [-0.25, -0.2) is 8.42 Å². The van der Waals surface area contributed by atoms with Gasteiger partial charge in [0.1, 0.15) is 9.90 Å². The van der Waals surface area contributed by atoms with E-state index in [0.717, 1.165) is 17.8 Å². The maximum absolute atomic E-state index is 12.5. The van der Waals surface area contributed by atoms with Crippen molar-refractivity contribution in [1.82, 2.24) is 10.2 Å². The van der Waals surface area contributed by atoms with Crippen LogP contribution in [0.3, 0.4) is 0 Å². The first-order valence-corrected chi connectivity index (χ1v) is 11.6. The van der Waals surface area contributed by atoms with Crippen molar-refractivity contribution in [3.63, 3.8) is 0 Å². The fraction of sp³-hybridized carbons (Fsp3) is 0.167. The first kappa shape index (κ1) is 20.1. The van der Waals surface area contributed by atoms with E-state index in [0.29, 0.717) is 16.6 Å². The van der Waals surface area contributed by atoms with Crippen LogP contribution in [0.15, 0.2) is 47.4 Å². The molecule has 0 radical (unpaired) electrons. The van der Waals surface area contributed by atoms with Gasteiger partial charge in [0, 0.05) is 22.2 Å². The van der Waals surface area contributed by atoms with E-state index in [1.807, 2.05) is 0 Å². The third-order valence-corrected chi connectivity index (χ3v) is 7.27. The van der Waals surface area contributed by atoms with Crippen LogP contribution in [0, 0.1) is 0 Å². The van der Waals surface area contributed by atoms with Crippen molar-refractivity contribution in [2.75, 3.05) is 10.0 Å². The first-order valence-electron chi connectivity index (χ1n) is 8.54. The van der Waals surface area contributed by atoms with Crippen molar-refractivity contribution in [1.29, 1.82) is 0 Å². The zero-order valence-corrected chi connectivity index (χ0v) is 17.9. The van der Waals surface area contributed by atoms with Gasteiger partial charge < -0.3 is 0 Å². The molecule has 11 heteroatoms. The highest BCUT2D eigenvalue weighted by Gasteiger charge is 2.27. The first-order chi connectivity index (χ1) is 13.8. The van der Waals surface area contributed by atoms with E-state index in [4.69, 9.17) is 23.2 Å². The minimum Gasteiger partial charge on any atom is -0.296 e. The fourth-order valence-electron chi connectivity index (χ4n) is 2.53. The molecule has 0 saturated heterocycles. The van der Waals surface area contributed by atoms with Crippen molar-refractivity contribution >= 4 is 61.3 Å². The van der Waals surface area contributed by atoms with E-state index < -0.39 is 10.0 Å². The van der Waals surface area contributed by atoms with Crippen molar-refractivity contribution in [3.05, 3.63) is 63.1 Å². The molecule has 29 heavy (non-hydrogen) atoms. The molecule has 0 atom stereocenters. The molecule has 1 aliphatic rings. The Morgan fingerprint density at radius 2 is 1.79 bits per heavy atom. The smallest absolute Gasteiger partial charge is 0.263 e. The molecule has 2 aromatic carbocycles. The molecule has 0 spiro atoms. The van der Waals surface area contributed by atoms with Crippen LogP contribution in [0.5, 0.6) is 0 Å². The van der Waals surface area contributed by atoms with Crippen molar-refractivity contribution in [3.8, 4) is 0 Å². The van der Waals surface area contributed by atoms with Crippen molar-refractivity contribution in [2.45, 2.75) is 23.7 Å². The zero-order chi connectivity index (χ0) is 20.6. The Balaban J connectivity index is 1.45. The third-order valence-electron chi connectivity index (χ3n) is 4.17. The molecule has 2 N–H and O–H groups in total. The van der Waals surface area contributed by atoms with Gasteiger partial charge in [-0.15, -0.1) is 10.2 Å². The van der Waals surface area contributed by atoms with Gasteiger partial charge in [-0.1, -0.05) is 34.5 Å². The number of benzene rings is 2. The number of carbonyl (C=O) groups excluding carboxylic acids is 1. The molecule has 0 bridgehead atoms. The van der Waals surface area contributed by atoms with Gasteiger partial charge >= 0.3 is 0 Å². The quantitative estimate of drug-likeness (QED) is 0.542. The number of sulfonamides is 1. The predicted molar refractivity (Wildman–Crippen MR) is 114 cm³/mol. The van der Waals surface area contributed by atoms with Gasteiger partial charge in [0.2, 0.25) is 5.13 Å². The van der Waals surface area contributed by atoms with E-state index >= 15 is 0 Å². The summed E-state index contributed by atoms with van der Waals surface area (Å²) < 4.78 is 27.5. The molecule has 1 amide bonds. The standard InChI is InChI=1S/C18H14Cl2N4O3S2/c19-12-5-8-14(20)15(9-12)29(26,27)24-13-6-3-10(4-7-13)16(25)21-18-23-22-17(28-18)11-1-2-11/h3-9,11,24H,1-2H2,(H,21,23,25). The van der Waals surface area contributed by atoms with E-state index in [1.54, 1.807) is 0 Å². The summed E-state index contributed by atoms with van der Waals surface area (Å²) in [6.07, 6.45) is 2.22. The molecule has 1 fully saturated rings. The van der Waals surface area contributed by atoms with Gasteiger partial charge in [-0.2, -0.15) is 0 Å². The predicted octanol–water partition coefficient (Wildman–Crippen LogP) is 4.78. The monoisotopic (exact) mass is 468 g/mol. The Morgan fingerprint density at radius 3 is 2.48 bits per heavy atom. The van der Waals surface area contributed by atoms with Crippen LogP contribution in [0.2, 0.25) is 10.0 Å². The Labute approximate surface area is 181 Å². The maximum atomic E-state index is 12.5. The van der Waals surface area contributed by atoms with Gasteiger partial charge in [0.15, 0.2) is 0 Å². The maximum Gasteiger partial charge on any atom is 0.263 e. The van der Waals surface area contributed by atoms with Crippen molar-refractivity contribution in [2.24, 2.45) is 0 Å². The van der Waals surface area contributed by atoms with Gasteiger partial charge in [0.25, 0.3) is 15.9 Å². The summed E-state index contributed by atoms with van der Waals surface area (Å²) in [6, 6.07) is 10.2. The van der Waals surface area contributed by atoms with Crippen LogP contribution in [-0.2, 0) is 10.0 Å². The number of amides is 1. The van der Waals surface area contributed by atoms with Crippen LogP contribution < -0.4 is 10.0 Å². The second kappa shape index (κ2) is 7.91. The summed E-state index contributed by atoms with van der Waals surface area (Å²) in [5, 5.41) is 12.4. The second-order valence-corrected chi connectivity index (χ2v) is 9.94. The normalized spacial score (nSPS) is 13.9. The minimum atomic E-state index is -3.93. The van der Waals surface area contributed by atoms with Gasteiger partial charge in [0.05, 0.1) is 5.02 Å². The van der Waals surface area contributed by atoms with Crippen LogP contribution in [0.4, 0.5) is 10.8 Å². The lowest BCUT2D eigenvalue weighted by Gasteiger charge is -2.10. The number of nitrogens with one attached hydrogen (secondary N) is 2. The highest BCUT2D eigenvalue weighted by molar-refractivity contribution is 7.92. The number of carbonyl (C=O) groups is 1. The lowest BCUT2D eigenvalue weighted by molar-refractivity contribution is 0.102. The topological polar surface area (TPSA) is 101 Å². The zero-order valence-electron chi connectivity index (χ0n) is 14.7. The average molecular weight is 469 g/mol. The second-order valence-electron chi connectivity index (χ2n) is 6.43. The van der Waals surface area contributed by atoms with Gasteiger partial charge in [-0.05, 0) is 55.3 Å². The van der Waals surface area contributed by atoms with E-state index in [-0.39, 0.29) is 26.5 Å². The molecular weight excluding hydrogens is 455 g/mol. The molecule has 1 aliphatic carbocycles. The summed E-state index contributed by atoms with van der Waals surface area (Å²) >= 11 is 13.2. The SMILES string of the molecule is O=C(Nc1nnc(C2CC2)s1)c1ccc(NS(=O)(=O)c2cc(Cl)ccc2Cl)cc1. The van der Waals surface area contributed by atoms with Crippen LogP contribution in [0.1, 0.15) is 34.1 Å². The van der Waals surface area contributed by atoms with Crippen molar-refractivity contribution < 1.29 is 13.2 Å². The molecule has 150 valence electrons. The Bertz CT molecular complexity index is 1180. The Kier molecular flexibility index (Phi) is 5.48. The lowest BCUT2D eigenvalue weighted by Crippen LogP contribution is -2.14. The molecule has 0 unspecified atom stereocenters. The van der Waals surface area contributed by atoms with E-state index in [9.17, 15) is 13.2 Å². The summed E-state index contributed by atoms with van der Waals surface area (Å²) in [6.45, 7) is 0. The Morgan fingerprint density at radius 1 is 1.07 bits per heavy atom. The van der Waals surface area contributed by atoms with E-state index in [2.05, 4.69) is 20.2 Å². The number of rotatable bonds is 6. The largest absolute Gasteiger partial charge is 0.296 e. The summed E-state index contributed by atoms with van der Waals surface area (Å²) in [4.78, 5) is 12.2. The number of anilines is 2. The Hall–Kier alpha value is -2.20. The fourth-order valence-corrected chi connectivity index (χ4v) is 5.26. The highest BCUT2D eigenvalue weighted by atomic mass is 35.5. The van der Waals surface area contributed by atoms with Crippen LogP contribution in [-0.4, -0.2) is 24.5 Å². The average Bonchev–Trinajstić information content (AvgIpc) is 3.43. The van der Waals surface area contributed by atoms with Gasteiger partial charge in [-0.3, -0.25) is 14.8 Å². The molecular formula is C18H14Cl2N4O3S2. The molecule has 4 rings (SSSR count). The number of aromatic nitrogens is 2. The molecule has 1 aromatic heterocycles. The summed E-state index contributed by atoms with van der Waals surface area (Å²) in [5.74, 6) is 0.120. The molecule has 0 aliphatic heterocycles. The summed E-state index contributed by atoms with van der Waals surface area (Å²) in [7, 11) is -3.93. The molecule has 1 heterocycles. The molecule has 3 aromatic rings. The molecule has 1 saturated carbocycles. The third kappa shape index (κ3) is 4.69. The number of hydrogen-bond acceptors (Lipinski definition) is 6. The van der Waals surface area contributed by atoms with Crippen LogP contribution >= 0.6 is 34.5 Å². The summed E-state index contributed by atoms with van der Waals surface area (Å²) in [5.41, 5.74) is 0.640. The van der Waals surface area contributed by atoms with E-state index in [1.165, 1.54) is 53.8 Å². The number of hydrogen-bond donors (Lipinski definition) is 2.